The monoisotopic (exact) mass is 640 g/mol. The number of halogens is 2. The molecule has 3 rings (SSSR count). The standard InChI is InChI=1S/C26H22Br2N6O4/c27-21-11-5-3-9-19(21)25(37)29-15-23(35)33-31-13-17-7-1-2-8-18(17)14-32-34-24(36)16-30-26(38)20-10-4-6-12-22(20)28/h1-14H,15-16H2,(H,29,37)(H,30,38)(H,33,35)(H,34,36). The number of rotatable bonds is 10. The summed E-state index contributed by atoms with van der Waals surface area (Å²) in [7, 11) is 0. The molecule has 0 radical (unpaired) electrons. The highest BCUT2D eigenvalue weighted by atomic mass is 79.9. The summed E-state index contributed by atoms with van der Waals surface area (Å²) in [6.45, 7) is -0.519. The fourth-order valence-corrected chi connectivity index (χ4v) is 3.90. The van der Waals surface area contributed by atoms with Crippen LogP contribution in [0.15, 0.2) is 91.9 Å². The van der Waals surface area contributed by atoms with Crippen LogP contribution in [0.3, 0.4) is 0 Å². The molecule has 38 heavy (non-hydrogen) atoms. The summed E-state index contributed by atoms with van der Waals surface area (Å²) in [5.41, 5.74) is 6.75. The van der Waals surface area contributed by atoms with Crippen LogP contribution in [-0.2, 0) is 9.59 Å². The maximum absolute atomic E-state index is 12.2. The van der Waals surface area contributed by atoms with Crippen molar-refractivity contribution in [2.24, 2.45) is 10.2 Å². The topological polar surface area (TPSA) is 141 Å². The highest BCUT2D eigenvalue weighted by molar-refractivity contribution is 9.10. The van der Waals surface area contributed by atoms with Gasteiger partial charge >= 0.3 is 0 Å². The smallest absolute Gasteiger partial charge is 0.259 e. The van der Waals surface area contributed by atoms with Gasteiger partial charge in [-0.1, -0.05) is 48.5 Å². The molecule has 0 fully saturated rings. The maximum Gasteiger partial charge on any atom is 0.259 e. The summed E-state index contributed by atoms with van der Waals surface area (Å²) in [6.07, 6.45) is 2.82. The molecule has 0 spiro atoms. The first-order valence-electron chi connectivity index (χ1n) is 11.1. The lowest BCUT2D eigenvalue weighted by atomic mass is 10.1. The number of benzene rings is 3. The largest absolute Gasteiger partial charge is 0.343 e. The van der Waals surface area contributed by atoms with E-state index >= 15 is 0 Å². The van der Waals surface area contributed by atoms with Crippen LogP contribution in [0.2, 0.25) is 0 Å². The van der Waals surface area contributed by atoms with Crippen LogP contribution in [0.1, 0.15) is 31.8 Å². The molecule has 0 atom stereocenters. The van der Waals surface area contributed by atoms with Gasteiger partial charge < -0.3 is 10.6 Å². The van der Waals surface area contributed by atoms with Gasteiger partial charge in [-0.25, -0.2) is 10.9 Å². The average Bonchev–Trinajstić information content (AvgIpc) is 2.91. The van der Waals surface area contributed by atoms with Crippen molar-refractivity contribution in [2.45, 2.75) is 0 Å². The molecule has 12 heteroatoms. The van der Waals surface area contributed by atoms with Gasteiger partial charge in [0, 0.05) is 20.1 Å². The van der Waals surface area contributed by atoms with E-state index in [4.69, 9.17) is 0 Å². The Morgan fingerprint density at radius 2 is 0.974 bits per heavy atom. The van der Waals surface area contributed by atoms with Crippen LogP contribution < -0.4 is 21.5 Å². The molecule has 0 heterocycles. The second kappa shape index (κ2) is 14.5. The van der Waals surface area contributed by atoms with E-state index in [1.807, 2.05) is 0 Å². The van der Waals surface area contributed by atoms with Gasteiger partial charge in [0.05, 0.1) is 36.6 Å². The number of carbonyl (C=O) groups is 4. The van der Waals surface area contributed by atoms with Gasteiger partial charge in [-0.05, 0) is 56.1 Å². The fraction of sp³-hybridized carbons (Fsp3) is 0.0769. The lowest BCUT2D eigenvalue weighted by molar-refractivity contribution is -0.120. The summed E-state index contributed by atoms with van der Waals surface area (Å²) >= 11 is 6.58. The van der Waals surface area contributed by atoms with Crippen molar-refractivity contribution in [1.29, 1.82) is 0 Å². The van der Waals surface area contributed by atoms with Gasteiger partial charge in [0.2, 0.25) is 0 Å². The quantitative estimate of drug-likeness (QED) is 0.200. The summed E-state index contributed by atoms with van der Waals surface area (Å²) < 4.78 is 1.24. The van der Waals surface area contributed by atoms with Crippen molar-refractivity contribution < 1.29 is 19.2 Å². The fourth-order valence-electron chi connectivity index (χ4n) is 2.97. The summed E-state index contributed by atoms with van der Waals surface area (Å²) in [4.78, 5) is 48.5. The van der Waals surface area contributed by atoms with Gasteiger partial charge in [-0.3, -0.25) is 19.2 Å². The van der Waals surface area contributed by atoms with E-state index in [1.54, 1.807) is 72.8 Å². The van der Waals surface area contributed by atoms with Crippen molar-refractivity contribution in [3.05, 3.63) is 104 Å². The summed E-state index contributed by atoms with van der Waals surface area (Å²) in [5.74, 6) is -1.81. The van der Waals surface area contributed by atoms with Crippen molar-refractivity contribution in [2.75, 3.05) is 13.1 Å². The third-order valence-electron chi connectivity index (χ3n) is 4.84. The second-order valence-corrected chi connectivity index (χ2v) is 9.25. The molecule has 3 aromatic carbocycles. The normalized spacial score (nSPS) is 10.8. The van der Waals surface area contributed by atoms with Gasteiger partial charge in [0.1, 0.15) is 0 Å². The van der Waals surface area contributed by atoms with Crippen molar-refractivity contribution >= 4 is 67.9 Å². The van der Waals surface area contributed by atoms with E-state index in [2.05, 4.69) is 63.5 Å². The molecule has 0 aliphatic rings. The Morgan fingerprint density at radius 1 is 0.605 bits per heavy atom. The van der Waals surface area contributed by atoms with Gasteiger partial charge in [0.15, 0.2) is 0 Å². The Kier molecular flexibility index (Phi) is 10.9. The molecular weight excluding hydrogens is 620 g/mol. The molecule has 0 bridgehead atoms. The third kappa shape index (κ3) is 8.75. The number of nitrogens with zero attached hydrogens (tertiary/aromatic N) is 2. The lowest BCUT2D eigenvalue weighted by Gasteiger charge is -2.06. The second-order valence-electron chi connectivity index (χ2n) is 7.54. The van der Waals surface area contributed by atoms with Crippen LogP contribution in [0.5, 0.6) is 0 Å². The molecule has 4 amide bonds. The molecule has 0 saturated heterocycles. The predicted octanol–water partition coefficient (Wildman–Crippen LogP) is 2.97. The van der Waals surface area contributed by atoms with E-state index in [1.165, 1.54) is 12.4 Å². The Balaban J connectivity index is 1.46. The zero-order chi connectivity index (χ0) is 27.3. The van der Waals surface area contributed by atoms with Crippen LogP contribution in [0, 0.1) is 0 Å². The Bertz CT molecular complexity index is 1290. The first kappa shape index (κ1) is 28.4. The van der Waals surface area contributed by atoms with Gasteiger partial charge in [-0.2, -0.15) is 10.2 Å². The van der Waals surface area contributed by atoms with Gasteiger partial charge in [-0.15, -0.1) is 0 Å². The van der Waals surface area contributed by atoms with Crippen LogP contribution in [-0.4, -0.2) is 49.1 Å². The zero-order valence-electron chi connectivity index (χ0n) is 19.8. The van der Waals surface area contributed by atoms with Crippen molar-refractivity contribution in [1.82, 2.24) is 21.5 Å². The number of hydrogen-bond donors (Lipinski definition) is 4. The number of carbonyl (C=O) groups excluding carboxylic acids is 4. The van der Waals surface area contributed by atoms with E-state index in [0.29, 0.717) is 31.2 Å². The molecule has 10 nitrogen and oxygen atoms in total. The van der Waals surface area contributed by atoms with Gasteiger partial charge in [0.25, 0.3) is 23.6 Å². The van der Waals surface area contributed by atoms with E-state index in [9.17, 15) is 19.2 Å². The van der Waals surface area contributed by atoms with E-state index in [-0.39, 0.29) is 13.1 Å². The number of amides is 4. The summed E-state index contributed by atoms with van der Waals surface area (Å²) in [5, 5.41) is 12.9. The first-order valence-corrected chi connectivity index (χ1v) is 12.7. The van der Waals surface area contributed by atoms with Crippen LogP contribution in [0.4, 0.5) is 0 Å². The van der Waals surface area contributed by atoms with E-state index in [0.717, 1.165) is 0 Å². The zero-order valence-corrected chi connectivity index (χ0v) is 23.0. The third-order valence-corrected chi connectivity index (χ3v) is 6.22. The highest BCUT2D eigenvalue weighted by Crippen LogP contribution is 2.16. The molecule has 194 valence electrons. The SMILES string of the molecule is O=C(CNC(=O)c1ccccc1Br)NN=Cc1ccccc1C=NNC(=O)CNC(=O)c1ccccc1Br. The minimum absolute atomic E-state index is 0.260. The molecular formula is C26H22Br2N6O4. The Morgan fingerprint density at radius 3 is 1.37 bits per heavy atom. The molecule has 3 aromatic rings. The average molecular weight is 642 g/mol. The lowest BCUT2D eigenvalue weighted by Crippen LogP contribution is -2.35. The molecule has 0 aromatic heterocycles. The first-order chi connectivity index (χ1) is 18.3. The molecule has 4 N–H and O–H groups in total. The van der Waals surface area contributed by atoms with Crippen LogP contribution in [0.25, 0.3) is 0 Å². The minimum Gasteiger partial charge on any atom is -0.343 e. The summed E-state index contributed by atoms with van der Waals surface area (Å²) in [6, 6.07) is 20.8. The Labute approximate surface area is 235 Å². The number of nitrogens with one attached hydrogen (secondary N) is 4. The molecule has 0 unspecified atom stereocenters. The minimum atomic E-state index is -0.510. The van der Waals surface area contributed by atoms with Crippen molar-refractivity contribution in [3.8, 4) is 0 Å². The molecule has 0 aliphatic heterocycles. The maximum atomic E-state index is 12.2. The predicted molar refractivity (Wildman–Crippen MR) is 151 cm³/mol. The molecule has 0 aliphatic carbocycles. The molecule has 0 saturated carbocycles. The van der Waals surface area contributed by atoms with Crippen molar-refractivity contribution in [3.63, 3.8) is 0 Å². The Hall–Kier alpha value is -4.16. The van der Waals surface area contributed by atoms with Crippen LogP contribution >= 0.6 is 31.9 Å². The highest BCUT2D eigenvalue weighted by Gasteiger charge is 2.11. The number of hydrogen-bond acceptors (Lipinski definition) is 6. The van der Waals surface area contributed by atoms with E-state index < -0.39 is 23.6 Å². The number of hydrazone groups is 2.